The molecule has 3 heteroatoms. The van der Waals surface area contributed by atoms with E-state index >= 15 is 0 Å². The molecule has 2 aliphatic rings. The van der Waals surface area contributed by atoms with Crippen LogP contribution in [0.15, 0.2) is 0 Å². The lowest BCUT2D eigenvalue weighted by Gasteiger charge is -2.11. The molecule has 2 unspecified atom stereocenters. The maximum atomic E-state index is 11.2. The summed E-state index contributed by atoms with van der Waals surface area (Å²) >= 11 is 0. The molecule has 0 heterocycles. The van der Waals surface area contributed by atoms with Crippen molar-refractivity contribution in [3.8, 4) is 0 Å². The van der Waals surface area contributed by atoms with Crippen LogP contribution in [-0.4, -0.2) is 25.2 Å². The van der Waals surface area contributed by atoms with Crippen molar-refractivity contribution in [3.63, 3.8) is 0 Å². The molecule has 0 radical (unpaired) electrons. The highest BCUT2D eigenvalue weighted by molar-refractivity contribution is 5.72. The van der Waals surface area contributed by atoms with Crippen molar-refractivity contribution in [3.05, 3.63) is 0 Å². The fraction of sp³-hybridized carbons (Fsp3) is 0.900. The van der Waals surface area contributed by atoms with Crippen molar-refractivity contribution in [2.24, 2.45) is 5.92 Å². The van der Waals surface area contributed by atoms with Crippen LogP contribution in [0.3, 0.4) is 0 Å². The minimum Gasteiger partial charge on any atom is -0.469 e. The molecular formula is C10H17NO2. The number of methoxy groups -OCH3 is 1. The first-order valence-electron chi connectivity index (χ1n) is 5.13. The molecule has 0 saturated heterocycles. The smallest absolute Gasteiger partial charge is 0.308 e. The molecule has 0 bridgehead atoms. The molecule has 13 heavy (non-hydrogen) atoms. The van der Waals surface area contributed by atoms with Gasteiger partial charge in [-0.15, -0.1) is 0 Å². The Balaban J connectivity index is 1.75. The van der Waals surface area contributed by atoms with E-state index in [-0.39, 0.29) is 11.9 Å². The zero-order valence-electron chi connectivity index (χ0n) is 8.08. The van der Waals surface area contributed by atoms with Crippen LogP contribution in [0.1, 0.15) is 32.1 Å². The summed E-state index contributed by atoms with van der Waals surface area (Å²) in [5, 5.41) is 3.55. The number of hydrogen-bond acceptors (Lipinski definition) is 3. The number of hydrogen-bond donors (Lipinski definition) is 1. The predicted octanol–water partition coefficient (Wildman–Crippen LogP) is 1.08. The van der Waals surface area contributed by atoms with Crippen LogP contribution < -0.4 is 5.32 Å². The van der Waals surface area contributed by atoms with Gasteiger partial charge in [-0.2, -0.15) is 0 Å². The van der Waals surface area contributed by atoms with Gasteiger partial charge in [0.15, 0.2) is 0 Å². The van der Waals surface area contributed by atoms with Crippen molar-refractivity contribution in [1.29, 1.82) is 0 Å². The summed E-state index contributed by atoms with van der Waals surface area (Å²) in [7, 11) is 1.48. The average molecular weight is 183 g/mol. The zero-order valence-corrected chi connectivity index (χ0v) is 8.08. The predicted molar refractivity (Wildman–Crippen MR) is 49.3 cm³/mol. The van der Waals surface area contributed by atoms with E-state index in [2.05, 4.69) is 5.32 Å². The highest BCUT2D eigenvalue weighted by atomic mass is 16.5. The van der Waals surface area contributed by atoms with Gasteiger partial charge >= 0.3 is 5.97 Å². The van der Waals surface area contributed by atoms with Crippen molar-refractivity contribution in [2.45, 2.75) is 44.2 Å². The van der Waals surface area contributed by atoms with Gasteiger partial charge in [0.05, 0.1) is 13.0 Å². The Labute approximate surface area is 78.8 Å². The second kappa shape index (κ2) is 3.66. The van der Waals surface area contributed by atoms with Crippen LogP contribution in [0.5, 0.6) is 0 Å². The number of ether oxygens (including phenoxy) is 1. The fourth-order valence-electron chi connectivity index (χ4n) is 2.10. The first-order valence-corrected chi connectivity index (χ1v) is 5.13. The van der Waals surface area contributed by atoms with Gasteiger partial charge in [-0.25, -0.2) is 0 Å². The minimum absolute atomic E-state index is 0.0277. The molecule has 2 atom stereocenters. The third kappa shape index (κ3) is 2.21. The maximum absolute atomic E-state index is 11.2. The first kappa shape index (κ1) is 9.00. The molecular weight excluding hydrogens is 166 g/mol. The number of carbonyl (C=O) groups is 1. The highest BCUT2D eigenvalue weighted by Gasteiger charge is 2.33. The Bertz CT molecular complexity index is 201. The number of rotatable bonds is 3. The molecule has 0 spiro atoms. The SMILES string of the molecule is COC(=O)C1CCC(NC2CC2)C1. The molecule has 2 saturated carbocycles. The molecule has 2 fully saturated rings. The van der Waals surface area contributed by atoms with Gasteiger partial charge in [0.25, 0.3) is 0 Å². The van der Waals surface area contributed by atoms with Crippen LogP contribution in [0, 0.1) is 5.92 Å². The summed E-state index contributed by atoms with van der Waals surface area (Å²) in [6.07, 6.45) is 5.75. The largest absolute Gasteiger partial charge is 0.469 e. The van der Waals surface area contributed by atoms with E-state index in [1.54, 1.807) is 0 Å². The van der Waals surface area contributed by atoms with Gasteiger partial charge in [0.1, 0.15) is 0 Å². The average Bonchev–Trinajstić information content (AvgIpc) is 2.81. The molecule has 3 nitrogen and oxygen atoms in total. The van der Waals surface area contributed by atoms with E-state index < -0.39 is 0 Å². The van der Waals surface area contributed by atoms with Gasteiger partial charge in [0, 0.05) is 12.1 Å². The van der Waals surface area contributed by atoms with Crippen LogP contribution in [0.4, 0.5) is 0 Å². The van der Waals surface area contributed by atoms with Gasteiger partial charge in [-0.3, -0.25) is 4.79 Å². The van der Waals surface area contributed by atoms with E-state index in [0.717, 1.165) is 25.3 Å². The molecule has 2 aliphatic carbocycles. The highest BCUT2D eigenvalue weighted by Crippen LogP contribution is 2.29. The monoisotopic (exact) mass is 183 g/mol. The summed E-state index contributed by atoms with van der Waals surface area (Å²) in [5.74, 6) is 0.126. The maximum Gasteiger partial charge on any atom is 0.308 e. The standard InChI is InChI=1S/C10H17NO2/c1-13-10(12)7-2-3-9(6-7)11-8-4-5-8/h7-9,11H,2-6H2,1H3. The molecule has 0 aromatic carbocycles. The van der Waals surface area contributed by atoms with Gasteiger partial charge in [-0.05, 0) is 32.1 Å². The second-order valence-corrected chi connectivity index (χ2v) is 4.17. The summed E-state index contributed by atoms with van der Waals surface area (Å²) in [6.45, 7) is 0. The Morgan fingerprint density at radius 2 is 1.92 bits per heavy atom. The normalized spacial score (nSPS) is 33.3. The fourth-order valence-corrected chi connectivity index (χ4v) is 2.10. The van der Waals surface area contributed by atoms with E-state index in [9.17, 15) is 4.79 Å². The quantitative estimate of drug-likeness (QED) is 0.665. The number of nitrogens with one attached hydrogen (secondary N) is 1. The molecule has 0 aromatic heterocycles. The van der Waals surface area contributed by atoms with Gasteiger partial charge in [-0.1, -0.05) is 0 Å². The third-order valence-corrected chi connectivity index (χ3v) is 3.02. The van der Waals surface area contributed by atoms with Gasteiger partial charge in [0.2, 0.25) is 0 Å². The zero-order chi connectivity index (χ0) is 9.26. The van der Waals surface area contributed by atoms with Gasteiger partial charge < -0.3 is 10.1 Å². The Morgan fingerprint density at radius 1 is 1.23 bits per heavy atom. The lowest BCUT2D eigenvalue weighted by molar-refractivity contribution is -0.145. The van der Waals surface area contributed by atoms with Crippen LogP contribution in [0.2, 0.25) is 0 Å². The lowest BCUT2D eigenvalue weighted by atomic mass is 10.1. The van der Waals surface area contributed by atoms with Crippen LogP contribution >= 0.6 is 0 Å². The molecule has 0 aromatic rings. The molecule has 2 rings (SSSR count). The number of carbonyl (C=O) groups excluding carboxylic acids is 1. The van der Waals surface area contributed by atoms with E-state index in [1.165, 1.54) is 20.0 Å². The first-order chi connectivity index (χ1) is 6.29. The Morgan fingerprint density at radius 3 is 2.54 bits per heavy atom. The Kier molecular flexibility index (Phi) is 2.54. The number of esters is 1. The van der Waals surface area contributed by atoms with Crippen LogP contribution in [-0.2, 0) is 9.53 Å². The van der Waals surface area contributed by atoms with E-state index in [0.29, 0.717) is 6.04 Å². The molecule has 0 aliphatic heterocycles. The second-order valence-electron chi connectivity index (χ2n) is 4.17. The van der Waals surface area contributed by atoms with Crippen LogP contribution in [0.25, 0.3) is 0 Å². The molecule has 1 N–H and O–H groups in total. The summed E-state index contributed by atoms with van der Waals surface area (Å²) in [6, 6.07) is 1.32. The minimum atomic E-state index is -0.0277. The topological polar surface area (TPSA) is 38.3 Å². The van der Waals surface area contributed by atoms with Crippen molar-refractivity contribution < 1.29 is 9.53 Å². The molecule has 74 valence electrons. The Hall–Kier alpha value is -0.570. The summed E-state index contributed by atoms with van der Waals surface area (Å²) in [4.78, 5) is 11.2. The summed E-state index contributed by atoms with van der Waals surface area (Å²) in [5.41, 5.74) is 0. The molecule has 0 amide bonds. The summed E-state index contributed by atoms with van der Waals surface area (Å²) < 4.78 is 4.74. The van der Waals surface area contributed by atoms with E-state index in [1.807, 2.05) is 0 Å². The van der Waals surface area contributed by atoms with Crippen molar-refractivity contribution in [1.82, 2.24) is 5.32 Å². The van der Waals surface area contributed by atoms with Crippen molar-refractivity contribution >= 4 is 5.97 Å². The lowest BCUT2D eigenvalue weighted by Crippen LogP contribution is -2.29. The third-order valence-electron chi connectivity index (χ3n) is 3.02. The van der Waals surface area contributed by atoms with Crippen molar-refractivity contribution in [2.75, 3.05) is 7.11 Å². The van der Waals surface area contributed by atoms with E-state index in [4.69, 9.17) is 4.74 Å².